The summed E-state index contributed by atoms with van der Waals surface area (Å²) in [6.07, 6.45) is 0. The number of thiazole rings is 1. The van der Waals surface area contributed by atoms with E-state index in [1.807, 2.05) is 23.1 Å². The average molecular weight is 388 g/mol. The fraction of sp³-hybridized carbons (Fsp3) is 0.368. The van der Waals surface area contributed by atoms with Crippen LogP contribution in [0.1, 0.15) is 9.88 Å². The number of amides is 1. The molecule has 0 atom stereocenters. The highest BCUT2D eigenvalue weighted by atomic mass is 32.1. The van der Waals surface area contributed by atoms with Gasteiger partial charge in [-0.05, 0) is 23.6 Å². The van der Waals surface area contributed by atoms with Gasteiger partial charge in [-0.1, -0.05) is 18.2 Å². The predicted octanol–water partition coefficient (Wildman–Crippen LogP) is 3.22. The van der Waals surface area contributed by atoms with E-state index in [0.29, 0.717) is 6.61 Å². The lowest BCUT2D eigenvalue weighted by Gasteiger charge is -2.34. The molecule has 5 nitrogen and oxygen atoms in total. The summed E-state index contributed by atoms with van der Waals surface area (Å²) < 4.78 is 6.77. The number of piperazine rings is 1. The van der Waals surface area contributed by atoms with Crippen molar-refractivity contribution in [1.82, 2.24) is 14.8 Å². The van der Waals surface area contributed by atoms with Crippen LogP contribution in [-0.2, 0) is 22.7 Å². The highest BCUT2D eigenvalue weighted by Gasteiger charge is 2.21. The van der Waals surface area contributed by atoms with Crippen molar-refractivity contribution >= 4 is 38.8 Å². The third-order valence-corrected chi connectivity index (χ3v) is 6.34. The molecule has 136 valence electrons. The summed E-state index contributed by atoms with van der Waals surface area (Å²) in [6.45, 7) is 4.88. The second-order valence-electron chi connectivity index (χ2n) is 6.30. The topological polar surface area (TPSA) is 45.7 Å². The third-order valence-electron chi connectivity index (χ3n) is 4.47. The molecule has 1 saturated heterocycles. The van der Waals surface area contributed by atoms with E-state index in [4.69, 9.17) is 4.74 Å². The van der Waals surface area contributed by atoms with Crippen LogP contribution in [-0.4, -0.2) is 53.5 Å². The molecular weight excluding hydrogens is 366 g/mol. The number of rotatable bonds is 6. The summed E-state index contributed by atoms with van der Waals surface area (Å²) in [4.78, 5) is 22.6. The Morgan fingerprint density at radius 3 is 2.73 bits per heavy atom. The van der Waals surface area contributed by atoms with E-state index in [2.05, 4.69) is 33.5 Å². The number of aromatic nitrogens is 1. The minimum absolute atomic E-state index is 0.0712. The molecule has 0 N–H and O–H groups in total. The van der Waals surface area contributed by atoms with Gasteiger partial charge in [0.15, 0.2) is 0 Å². The van der Waals surface area contributed by atoms with Crippen LogP contribution in [0.25, 0.3) is 10.2 Å². The standard InChI is InChI=1S/C19H21N3O2S2/c23-19(14-24-13-18-20-16-5-1-2-6-17(16)26-18)22-9-7-21(8-10-22)12-15-4-3-11-25-15/h1-6,11H,7-10,12-14H2. The van der Waals surface area contributed by atoms with Gasteiger partial charge in [0.25, 0.3) is 0 Å². The number of hydrogen-bond donors (Lipinski definition) is 0. The Bertz CT molecular complexity index is 822. The summed E-state index contributed by atoms with van der Waals surface area (Å²) in [6, 6.07) is 12.3. The molecule has 0 saturated carbocycles. The molecule has 4 rings (SSSR count). The molecule has 7 heteroatoms. The number of nitrogens with zero attached hydrogens (tertiary/aromatic N) is 3. The molecule has 1 aliphatic heterocycles. The fourth-order valence-electron chi connectivity index (χ4n) is 3.08. The zero-order valence-electron chi connectivity index (χ0n) is 14.5. The highest BCUT2D eigenvalue weighted by Crippen LogP contribution is 2.22. The van der Waals surface area contributed by atoms with Gasteiger partial charge in [-0.3, -0.25) is 9.69 Å². The molecule has 3 aromatic rings. The number of fused-ring (bicyclic) bond motifs is 1. The molecule has 0 aliphatic carbocycles. The van der Waals surface area contributed by atoms with Crippen LogP contribution in [0.4, 0.5) is 0 Å². The van der Waals surface area contributed by atoms with Crippen LogP contribution in [0.5, 0.6) is 0 Å². The minimum Gasteiger partial charge on any atom is -0.364 e. The molecule has 0 radical (unpaired) electrons. The van der Waals surface area contributed by atoms with Crippen molar-refractivity contribution in [2.45, 2.75) is 13.2 Å². The average Bonchev–Trinajstić information content (AvgIpc) is 3.31. The van der Waals surface area contributed by atoms with Crippen molar-refractivity contribution < 1.29 is 9.53 Å². The highest BCUT2D eigenvalue weighted by molar-refractivity contribution is 7.18. The monoisotopic (exact) mass is 387 g/mol. The van der Waals surface area contributed by atoms with Crippen molar-refractivity contribution in [2.24, 2.45) is 0 Å². The SMILES string of the molecule is O=C(COCc1nc2ccccc2s1)N1CCN(Cc2cccs2)CC1. The Morgan fingerprint density at radius 2 is 1.96 bits per heavy atom. The van der Waals surface area contributed by atoms with Gasteiger partial charge in [0.1, 0.15) is 11.6 Å². The maximum Gasteiger partial charge on any atom is 0.248 e. The van der Waals surface area contributed by atoms with Gasteiger partial charge in [0.05, 0.1) is 16.8 Å². The molecule has 26 heavy (non-hydrogen) atoms. The van der Waals surface area contributed by atoms with Crippen molar-refractivity contribution in [1.29, 1.82) is 0 Å². The Balaban J connectivity index is 1.20. The van der Waals surface area contributed by atoms with Crippen LogP contribution >= 0.6 is 22.7 Å². The van der Waals surface area contributed by atoms with Crippen molar-refractivity contribution in [3.63, 3.8) is 0 Å². The van der Waals surface area contributed by atoms with E-state index in [1.165, 1.54) is 4.88 Å². The van der Waals surface area contributed by atoms with Crippen LogP contribution < -0.4 is 0 Å². The Morgan fingerprint density at radius 1 is 1.12 bits per heavy atom. The molecule has 2 aromatic heterocycles. The summed E-state index contributed by atoms with van der Waals surface area (Å²) in [5.41, 5.74) is 0.990. The number of thiophene rings is 1. The van der Waals surface area contributed by atoms with Gasteiger partial charge in [0, 0.05) is 37.6 Å². The van der Waals surface area contributed by atoms with Gasteiger partial charge in [-0.2, -0.15) is 0 Å². The van der Waals surface area contributed by atoms with Crippen LogP contribution in [0.2, 0.25) is 0 Å². The van der Waals surface area contributed by atoms with Crippen LogP contribution in [0, 0.1) is 0 Å². The van der Waals surface area contributed by atoms with E-state index in [-0.39, 0.29) is 12.5 Å². The number of carbonyl (C=O) groups is 1. The second-order valence-corrected chi connectivity index (χ2v) is 8.45. The van der Waals surface area contributed by atoms with E-state index < -0.39 is 0 Å². The summed E-state index contributed by atoms with van der Waals surface area (Å²) in [5, 5.41) is 3.03. The third kappa shape index (κ3) is 4.29. The maximum absolute atomic E-state index is 12.4. The first-order valence-electron chi connectivity index (χ1n) is 8.72. The molecule has 1 amide bonds. The second kappa shape index (κ2) is 8.26. The molecule has 1 aliphatic rings. The lowest BCUT2D eigenvalue weighted by atomic mass is 10.3. The van der Waals surface area contributed by atoms with Crippen molar-refractivity contribution in [3.8, 4) is 0 Å². The Labute approximate surface area is 160 Å². The van der Waals surface area contributed by atoms with Gasteiger partial charge in [0.2, 0.25) is 5.91 Å². The van der Waals surface area contributed by atoms with Gasteiger partial charge < -0.3 is 9.64 Å². The molecule has 1 aromatic carbocycles. The number of benzene rings is 1. The lowest BCUT2D eigenvalue weighted by molar-refractivity contribution is -0.138. The zero-order valence-corrected chi connectivity index (χ0v) is 16.1. The first-order chi connectivity index (χ1) is 12.8. The van der Waals surface area contributed by atoms with Crippen molar-refractivity contribution in [3.05, 3.63) is 51.7 Å². The van der Waals surface area contributed by atoms with Gasteiger partial charge in [-0.25, -0.2) is 4.98 Å². The largest absolute Gasteiger partial charge is 0.364 e. The zero-order chi connectivity index (χ0) is 17.8. The first-order valence-corrected chi connectivity index (χ1v) is 10.4. The lowest BCUT2D eigenvalue weighted by Crippen LogP contribution is -2.49. The minimum atomic E-state index is 0.0712. The molecule has 1 fully saturated rings. The van der Waals surface area contributed by atoms with Gasteiger partial charge in [-0.15, -0.1) is 22.7 Å². The first kappa shape index (κ1) is 17.6. The summed E-state index contributed by atoms with van der Waals surface area (Å²) >= 11 is 3.41. The quantitative estimate of drug-likeness (QED) is 0.652. The molecule has 0 unspecified atom stereocenters. The molecule has 0 bridgehead atoms. The van der Waals surface area contributed by atoms with Crippen LogP contribution in [0.3, 0.4) is 0 Å². The Hall–Kier alpha value is -1.80. The fourth-order valence-corrected chi connectivity index (χ4v) is 4.73. The van der Waals surface area contributed by atoms with E-state index >= 15 is 0 Å². The molecular formula is C19H21N3O2S2. The summed E-state index contributed by atoms with van der Waals surface area (Å²) in [5.74, 6) is 0.0712. The van der Waals surface area contributed by atoms with E-state index in [0.717, 1.165) is 47.9 Å². The van der Waals surface area contributed by atoms with Gasteiger partial charge >= 0.3 is 0 Å². The number of ether oxygens (including phenoxy) is 1. The normalized spacial score (nSPS) is 15.6. The van der Waals surface area contributed by atoms with Crippen LogP contribution in [0.15, 0.2) is 41.8 Å². The predicted molar refractivity (Wildman–Crippen MR) is 105 cm³/mol. The number of hydrogen-bond acceptors (Lipinski definition) is 6. The summed E-state index contributed by atoms with van der Waals surface area (Å²) in [7, 11) is 0. The number of para-hydroxylation sites is 1. The number of carbonyl (C=O) groups excluding carboxylic acids is 1. The Kier molecular flexibility index (Phi) is 5.59. The smallest absolute Gasteiger partial charge is 0.248 e. The molecule has 3 heterocycles. The van der Waals surface area contributed by atoms with E-state index in [9.17, 15) is 4.79 Å². The maximum atomic E-state index is 12.4. The molecule has 0 spiro atoms. The van der Waals surface area contributed by atoms with Crippen molar-refractivity contribution in [2.75, 3.05) is 32.8 Å². The van der Waals surface area contributed by atoms with E-state index in [1.54, 1.807) is 22.7 Å².